The van der Waals surface area contributed by atoms with Crippen LogP contribution in [0.25, 0.3) is 0 Å². The zero-order valence-corrected chi connectivity index (χ0v) is 14.3. The number of piperidine rings is 1. The molecule has 5 heteroatoms. The second-order valence-corrected chi connectivity index (χ2v) is 6.72. The Kier molecular flexibility index (Phi) is 4.79. The first kappa shape index (κ1) is 16.4. The minimum absolute atomic E-state index is 0.113. The van der Waals surface area contributed by atoms with Crippen molar-refractivity contribution in [1.82, 2.24) is 15.3 Å². The zero-order valence-electron chi connectivity index (χ0n) is 14.3. The van der Waals surface area contributed by atoms with Gasteiger partial charge < -0.3 is 10.2 Å². The fourth-order valence-corrected chi connectivity index (χ4v) is 3.23. The summed E-state index contributed by atoms with van der Waals surface area (Å²) >= 11 is 0. The first-order valence-electron chi connectivity index (χ1n) is 8.44. The normalized spacial score (nSPS) is 20.7. The van der Waals surface area contributed by atoms with Crippen LogP contribution >= 0.6 is 0 Å². The van der Waals surface area contributed by atoms with Crippen LogP contribution in [0.15, 0.2) is 42.6 Å². The molecule has 1 aliphatic heterocycles. The fraction of sp³-hybridized carbons (Fsp3) is 0.421. The molecule has 0 spiro atoms. The van der Waals surface area contributed by atoms with Crippen molar-refractivity contribution in [3.63, 3.8) is 0 Å². The standard InChI is InChI=1S/C19H24N4O/c1-15-20-11-9-17(22-15)23-12-6-10-19(2,14-23)18(24)21-13-16-7-4-3-5-8-16/h3-5,7-9,11H,6,10,12-14H2,1-2H3,(H,21,24). The molecular formula is C19H24N4O. The number of carbonyl (C=O) groups is 1. The topological polar surface area (TPSA) is 58.1 Å². The van der Waals surface area contributed by atoms with E-state index in [1.807, 2.05) is 50.2 Å². The summed E-state index contributed by atoms with van der Waals surface area (Å²) in [6.45, 7) is 6.12. The molecule has 0 radical (unpaired) electrons. The van der Waals surface area contributed by atoms with Crippen LogP contribution in [0.5, 0.6) is 0 Å². The summed E-state index contributed by atoms with van der Waals surface area (Å²) in [5.74, 6) is 1.78. The molecule has 3 rings (SSSR count). The Hall–Kier alpha value is -2.43. The molecule has 0 aliphatic carbocycles. The maximum atomic E-state index is 12.8. The van der Waals surface area contributed by atoms with Gasteiger partial charge in [-0.15, -0.1) is 0 Å². The van der Waals surface area contributed by atoms with Gasteiger partial charge >= 0.3 is 0 Å². The van der Waals surface area contributed by atoms with Gasteiger partial charge in [0.15, 0.2) is 0 Å². The monoisotopic (exact) mass is 324 g/mol. The van der Waals surface area contributed by atoms with Gasteiger partial charge in [0.25, 0.3) is 0 Å². The van der Waals surface area contributed by atoms with Crippen LogP contribution in [0.2, 0.25) is 0 Å². The molecule has 2 heterocycles. The van der Waals surface area contributed by atoms with Crippen molar-refractivity contribution in [2.24, 2.45) is 5.41 Å². The van der Waals surface area contributed by atoms with Gasteiger partial charge in [0.1, 0.15) is 11.6 Å². The van der Waals surface area contributed by atoms with E-state index in [2.05, 4.69) is 20.2 Å². The average molecular weight is 324 g/mol. The number of nitrogens with zero attached hydrogens (tertiary/aromatic N) is 3. The third-order valence-electron chi connectivity index (χ3n) is 4.63. The second kappa shape index (κ2) is 6.99. The average Bonchev–Trinajstić information content (AvgIpc) is 2.60. The van der Waals surface area contributed by atoms with Crippen molar-refractivity contribution in [2.45, 2.75) is 33.2 Å². The summed E-state index contributed by atoms with van der Waals surface area (Å²) < 4.78 is 0. The lowest BCUT2D eigenvalue weighted by molar-refractivity contribution is -0.130. The van der Waals surface area contributed by atoms with Crippen LogP contribution in [-0.4, -0.2) is 29.0 Å². The van der Waals surface area contributed by atoms with E-state index in [9.17, 15) is 4.79 Å². The third-order valence-corrected chi connectivity index (χ3v) is 4.63. The molecule has 1 fully saturated rings. The lowest BCUT2D eigenvalue weighted by Crippen LogP contribution is -2.50. The molecule has 0 bridgehead atoms. The highest BCUT2D eigenvalue weighted by Crippen LogP contribution is 2.31. The lowest BCUT2D eigenvalue weighted by atomic mass is 9.81. The maximum Gasteiger partial charge on any atom is 0.227 e. The van der Waals surface area contributed by atoms with E-state index in [1.165, 1.54) is 0 Å². The van der Waals surface area contributed by atoms with Crippen LogP contribution in [0.4, 0.5) is 5.82 Å². The Labute approximate surface area is 143 Å². The number of carbonyl (C=O) groups excluding carboxylic acids is 1. The van der Waals surface area contributed by atoms with E-state index < -0.39 is 5.41 Å². The number of benzene rings is 1. The smallest absolute Gasteiger partial charge is 0.227 e. The van der Waals surface area contributed by atoms with Crippen molar-refractivity contribution in [3.8, 4) is 0 Å². The molecule has 1 N–H and O–H groups in total. The Morgan fingerprint density at radius 3 is 2.83 bits per heavy atom. The molecule has 1 atom stereocenters. The molecule has 1 aliphatic rings. The van der Waals surface area contributed by atoms with Gasteiger partial charge in [-0.1, -0.05) is 30.3 Å². The minimum Gasteiger partial charge on any atom is -0.355 e. The number of rotatable bonds is 4. The Balaban J connectivity index is 1.66. The van der Waals surface area contributed by atoms with E-state index in [1.54, 1.807) is 6.20 Å². The fourth-order valence-electron chi connectivity index (χ4n) is 3.23. The molecule has 1 unspecified atom stereocenters. The first-order valence-corrected chi connectivity index (χ1v) is 8.44. The Bertz CT molecular complexity index is 704. The van der Waals surface area contributed by atoms with Crippen molar-refractivity contribution in [1.29, 1.82) is 0 Å². The summed E-state index contributed by atoms with van der Waals surface area (Å²) in [5, 5.41) is 3.09. The number of nitrogens with one attached hydrogen (secondary N) is 1. The number of amides is 1. The molecule has 0 saturated carbocycles. The highest BCUT2D eigenvalue weighted by atomic mass is 16.2. The Morgan fingerprint density at radius 2 is 2.08 bits per heavy atom. The van der Waals surface area contributed by atoms with Crippen LogP contribution in [0.3, 0.4) is 0 Å². The summed E-state index contributed by atoms with van der Waals surface area (Å²) in [6, 6.07) is 11.9. The molecule has 2 aromatic rings. The van der Waals surface area contributed by atoms with Gasteiger partial charge in [0.2, 0.25) is 5.91 Å². The van der Waals surface area contributed by atoms with Crippen molar-refractivity contribution < 1.29 is 4.79 Å². The molecule has 126 valence electrons. The number of anilines is 1. The summed E-state index contributed by atoms with van der Waals surface area (Å²) in [5.41, 5.74) is 0.722. The number of hydrogen-bond acceptors (Lipinski definition) is 4. The molecule has 1 aromatic carbocycles. The Morgan fingerprint density at radius 1 is 1.29 bits per heavy atom. The SMILES string of the molecule is Cc1nccc(N2CCCC(C)(C(=O)NCc3ccccc3)C2)n1. The van der Waals surface area contributed by atoms with E-state index in [-0.39, 0.29) is 5.91 Å². The summed E-state index contributed by atoms with van der Waals surface area (Å²) in [6.07, 6.45) is 3.66. The van der Waals surface area contributed by atoms with Crippen molar-refractivity contribution >= 4 is 11.7 Å². The van der Waals surface area contributed by atoms with Crippen LogP contribution in [0, 0.1) is 12.3 Å². The molecule has 1 saturated heterocycles. The quantitative estimate of drug-likeness (QED) is 0.939. The van der Waals surface area contributed by atoms with Crippen LogP contribution in [0.1, 0.15) is 31.2 Å². The van der Waals surface area contributed by atoms with Gasteiger partial charge in [-0.05, 0) is 38.3 Å². The summed E-state index contributed by atoms with van der Waals surface area (Å²) in [7, 11) is 0. The second-order valence-electron chi connectivity index (χ2n) is 6.72. The molecule has 1 aromatic heterocycles. The van der Waals surface area contributed by atoms with Gasteiger partial charge in [-0.25, -0.2) is 9.97 Å². The van der Waals surface area contributed by atoms with Gasteiger partial charge in [0, 0.05) is 25.8 Å². The van der Waals surface area contributed by atoms with Gasteiger partial charge in [-0.3, -0.25) is 4.79 Å². The van der Waals surface area contributed by atoms with Gasteiger partial charge in [-0.2, -0.15) is 0 Å². The highest BCUT2D eigenvalue weighted by Gasteiger charge is 2.38. The third kappa shape index (κ3) is 3.72. The van der Waals surface area contributed by atoms with Crippen molar-refractivity contribution in [2.75, 3.05) is 18.0 Å². The zero-order chi connectivity index (χ0) is 17.0. The molecule has 5 nitrogen and oxygen atoms in total. The van der Waals surface area contributed by atoms with E-state index in [4.69, 9.17) is 0 Å². The largest absolute Gasteiger partial charge is 0.355 e. The predicted molar refractivity (Wildman–Crippen MR) is 94.6 cm³/mol. The molecular weight excluding hydrogens is 300 g/mol. The number of aromatic nitrogens is 2. The molecule has 1 amide bonds. The van der Waals surface area contributed by atoms with E-state index in [0.717, 1.165) is 36.6 Å². The van der Waals surface area contributed by atoms with Crippen LogP contribution in [-0.2, 0) is 11.3 Å². The van der Waals surface area contributed by atoms with E-state index in [0.29, 0.717) is 13.1 Å². The highest BCUT2D eigenvalue weighted by molar-refractivity contribution is 5.83. The van der Waals surface area contributed by atoms with Crippen LogP contribution < -0.4 is 10.2 Å². The number of aryl methyl sites for hydroxylation is 1. The summed E-state index contributed by atoms with van der Waals surface area (Å²) in [4.78, 5) is 23.6. The van der Waals surface area contributed by atoms with Gasteiger partial charge in [0.05, 0.1) is 5.41 Å². The predicted octanol–water partition coefficient (Wildman–Crippen LogP) is 2.71. The lowest BCUT2D eigenvalue weighted by Gasteiger charge is -2.40. The first-order chi connectivity index (χ1) is 11.6. The molecule has 24 heavy (non-hydrogen) atoms. The number of hydrogen-bond donors (Lipinski definition) is 1. The van der Waals surface area contributed by atoms with Crippen molar-refractivity contribution in [3.05, 3.63) is 54.0 Å². The minimum atomic E-state index is -0.397. The van der Waals surface area contributed by atoms with E-state index >= 15 is 0 Å². The maximum absolute atomic E-state index is 12.8.